The Morgan fingerprint density at radius 3 is 1.33 bits per heavy atom. The molecule has 4 aromatic heterocycles. The zero-order chi connectivity index (χ0) is 57.6. The van der Waals surface area contributed by atoms with Gasteiger partial charge in [0, 0.05) is 80.6 Å². The Morgan fingerprint density at radius 2 is 0.782 bits per heavy atom. The second kappa shape index (κ2) is 21.9. The lowest BCUT2D eigenvalue weighted by Crippen LogP contribution is -2.15. The molecule has 0 fully saturated rings. The maximum atomic E-state index is 4.81. The lowest BCUT2D eigenvalue weighted by molar-refractivity contribution is 0.653. The Bertz CT molecular complexity index is 5030. The van der Waals surface area contributed by atoms with Gasteiger partial charge in [-0.2, -0.15) is 0 Å². The minimum Gasteiger partial charge on any atom is -0.366 e. The van der Waals surface area contributed by atoms with Crippen LogP contribution in [0.5, 0.6) is 0 Å². The third kappa shape index (κ3) is 9.61. The Morgan fingerprint density at radius 1 is 0.333 bits per heavy atom. The van der Waals surface area contributed by atoms with E-state index < -0.39 is 0 Å². The SMILES string of the molecule is C1=CNC(c2cccc(-c3cc(-c4cccc(-c5ncccn5)c4)cc4c5cc(-c6cccc(-c7ncccn7)c6)ccc5n(-c5ccc(Cc6ccc(-n7c8ccc(-c9ccccc9)cc8c8cc(-c9ccccc9)ccc87)cc6)cc5)c34)c2)N=C1. The summed E-state index contributed by atoms with van der Waals surface area (Å²) in [5, 5.41) is 8.19. The van der Waals surface area contributed by atoms with Gasteiger partial charge in [-0.15, -0.1) is 0 Å². The van der Waals surface area contributed by atoms with Gasteiger partial charge >= 0.3 is 0 Å². The van der Waals surface area contributed by atoms with Crippen LogP contribution in [0.3, 0.4) is 0 Å². The van der Waals surface area contributed by atoms with Gasteiger partial charge in [0.1, 0.15) is 6.17 Å². The fraction of sp³-hybridized carbons (Fsp3) is 0.0253. The third-order valence-corrected chi connectivity index (χ3v) is 16.9. The van der Waals surface area contributed by atoms with E-state index in [-0.39, 0.29) is 6.17 Å². The van der Waals surface area contributed by atoms with Crippen molar-refractivity contribution >= 4 is 49.8 Å². The van der Waals surface area contributed by atoms with Crippen molar-refractivity contribution in [1.29, 1.82) is 0 Å². The smallest absolute Gasteiger partial charge is 0.159 e. The number of hydrogen-bond acceptors (Lipinski definition) is 6. The first-order chi connectivity index (χ1) is 43.1. The maximum absolute atomic E-state index is 4.81. The number of fused-ring (bicyclic) bond motifs is 6. The van der Waals surface area contributed by atoms with Gasteiger partial charge in [0.05, 0.1) is 22.1 Å². The topological polar surface area (TPSA) is 85.8 Å². The minimum atomic E-state index is -0.207. The molecule has 16 rings (SSSR count). The molecule has 15 aromatic rings. The van der Waals surface area contributed by atoms with Gasteiger partial charge in [-0.1, -0.05) is 158 Å². The molecular formula is C79H54N8. The van der Waals surface area contributed by atoms with Crippen LogP contribution in [0.15, 0.2) is 303 Å². The summed E-state index contributed by atoms with van der Waals surface area (Å²) in [7, 11) is 0. The molecule has 0 spiro atoms. The molecule has 0 amide bonds. The number of nitrogens with one attached hydrogen (secondary N) is 1. The van der Waals surface area contributed by atoms with Crippen LogP contribution >= 0.6 is 0 Å². The average Bonchev–Trinajstić information content (AvgIpc) is 1.86. The second-order valence-electron chi connectivity index (χ2n) is 22.2. The Kier molecular flexibility index (Phi) is 12.8. The zero-order valence-corrected chi connectivity index (χ0v) is 47.3. The summed E-state index contributed by atoms with van der Waals surface area (Å²) >= 11 is 0. The number of aromatic nitrogens is 6. The van der Waals surface area contributed by atoms with Crippen LogP contribution in [0.1, 0.15) is 22.9 Å². The lowest BCUT2D eigenvalue weighted by Gasteiger charge is -2.18. The van der Waals surface area contributed by atoms with E-state index in [1.165, 1.54) is 55.2 Å². The van der Waals surface area contributed by atoms with Crippen LogP contribution in [0.4, 0.5) is 0 Å². The summed E-state index contributed by atoms with van der Waals surface area (Å²) in [6.07, 6.45) is 13.5. The van der Waals surface area contributed by atoms with Gasteiger partial charge in [-0.05, 0) is 189 Å². The van der Waals surface area contributed by atoms with Crippen molar-refractivity contribution in [3.8, 4) is 89.8 Å². The van der Waals surface area contributed by atoms with Gasteiger partial charge in [-0.25, -0.2) is 19.9 Å². The van der Waals surface area contributed by atoms with Gasteiger partial charge in [0.2, 0.25) is 0 Å². The molecule has 0 saturated carbocycles. The van der Waals surface area contributed by atoms with E-state index in [4.69, 9.17) is 4.99 Å². The number of aliphatic imine (C=N–C) groups is 1. The van der Waals surface area contributed by atoms with Gasteiger partial charge in [0.15, 0.2) is 11.6 Å². The monoisotopic (exact) mass is 1110 g/mol. The van der Waals surface area contributed by atoms with E-state index in [2.05, 4.69) is 283 Å². The predicted octanol–water partition coefficient (Wildman–Crippen LogP) is 18.9. The molecule has 87 heavy (non-hydrogen) atoms. The van der Waals surface area contributed by atoms with Crippen molar-refractivity contribution in [2.45, 2.75) is 12.6 Å². The number of rotatable bonds is 12. The van der Waals surface area contributed by atoms with E-state index in [1.54, 1.807) is 24.8 Å². The second-order valence-corrected chi connectivity index (χ2v) is 22.2. The minimum absolute atomic E-state index is 0.207. The Labute approximate surface area is 503 Å². The molecule has 8 heteroatoms. The van der Waals surface area contributed by atoms with Crippen molar-refractivity contribution in [2.75, 3.05) is 0 Å². The van der Waals surface area contributed by atoms with Gasteiger partial charge < -0.3 is 14.5 Å². The zero-order valence-electron chi connectivity index (χ0n) is 47.3. The molecule has 0 saturated heterocycles. The normalized spacial score (nSPS) is 13.0. The maximum Gasteiger partial charge on any atom is 0.159 e. The molecule has 1 aliphatic rings. The number of benzene rings is 11. The van der Waals surface area contributed by atoms with E-state index in [9.17, 15) is 0 Å². The van der Waals surface area contributed by atoms with Crippen LogP contribution in [0.25, 0.3) is 133 Å². The molecule has 1 unspecified atom stereocenters. The molecule has 5 heterocycles. The molecule has 0 bridgehead atoms. The molecule has 8 nitrogen and oxygen atoms in total. The molecule has 0 radical (unpaired) electrons. The standard InChI is InChI=1S/C79H54N8/c1-3-13-54(14-4-1)58-27-34-73-69(47-58)70-48-59(55-15-5-2-6-16-55)28-35-74(70)86(73)66-30-23-52(24-31-66)43-53-25-32-67(33-26-53)87-75-36-29-60(56-17-7-20-62(44-56)77-80-37-10-38-81-77)49-71(75)72-51-65(57-18-8-21-63(45-57)78-82-39-11-40-83-78)50-68(76(72)87)61-19-9-22-64(46-61)79-84-41-12-42-85-79/h1-42,44-51,79,84H,43H2. The number of hydrogen-bond donors (Lipinski definition) is 1. The van der Waals surface area contributed by atoms with Crippen LogP contribution in [0.2, 0.25) is 0 Å². The first kappa shape index (κ1) is 51.1. The van der Waals surface area contributed by atoms with Gasteiger partial charge in [-0.3, -0.25) is 4.99 Å². The van der Waals surface area contributed by atoms with Crippen LogP contribution < -0.4 is 5.32 Å². The highest BCUT2D eigenvalue weighted by molar-refractivity contribution is 6.16. The van der Waals surface area contributed by atoms with Crippen LogP contribution in [0, 0.1) is 0 Å². The summed E-state index contributed by atoms with van der Waals surface area (Å²) < 4.78 is 4.87. The lowest BCUT2D eigenvalue weighted by atomic mass is 9.93. The fourth-order valence-corrected chi connectivity index (χ4v) is 12.7. The summed E-state index contributed by atoms with van der Waals surface area (Å²) in [5.41, 5.74) is 23.6. The summed E-state index contributed by atoms with van der Waals surface area (Å²) in [5.74, 6) is 1.38. The first-order valence-electron chi connectivity index (χ1n) is 29.4. The number of nitrogens with zero attached hydrogens (tertiary/aromatic N) is 7. The molecule has 11 aromatic carbocycles. The van der Waals surface area contributed by atoms with E-state index in [0.29, 0.717) is 11.6 Å². The fourth-order valence-electron chi connectivity index (χ4n) is 12.7. The summed E-state index contributed by atoms with van der Waals surface area (Å²) in [6.45, 7) is 0. The summed E-state index contributed by atoms with van der Waals surface area (Å²) in [4.78, 5) is 23.3. The molecular weight excluding hydrogens is 1060 g/mol. The third-order valence-electron chi connectivity index (χ3n) is 16.9. The molecule has 1 N–H and O–H groups in total. The van der Waals surface area contributed by atoms with Crippen molar-refractivity contribution in [2.24, 2.45) is 4.99 Å². The molecule has 1 aliphatic heterocycles. The van der Waals surface area contributed by atoms with Crippen molar-refractivity contribution in [3.63, 3.8) is 0 Å². The molecule has 410 valence electrons. The summed E-state index contributed by atoms with van der Waals surface area (Å²) in [6, 6.07) is 94.6. The van der Waals surface area contributed by atoms with Crippen molar-refractivity contribution in [1.82, 2.24) is 34.4 Å². The quantitative estimate of drug-likeness (QED) is 0.132. The highest BCUT2D eigenvalue weighted by Crippen LogP contribution is 2.44. The van der Waals surface area contributed by atoms with E-state index in [0.717, 1.165) is 89.7 Å². The first-order valence-corrected chi connectivity index (χ1v) is 29.4. The Balaban J connectivity index is 0.809. The van der Waals surface area contributed by atoms with E-state index >= 15 is 0 Å². The highest BCUT2D eigenvalue weighted by atomic mass is 15.1. The average molecular weight is 1120 g/mol. The predicted molar refractivity (Wildman–Crippen MR) is 357 cm³/mol. The van der Waals surface area contributed by atoms with E-state index in [1.807, 2.05) is 30.6 Å². The van der Waals surface area contributed by atoms with Crippen LogP contribution in [-0.4, -0.2) is 35.3 Å². The Hall–Kier alpha value is -11.6. The van der Waals surface area contributed by atoms with Crippen molar-refractivity contribution < 1.29 is 0 Å². The van der Waals surface area contributed by atoms with Crippen LogP contribution in [-0.2, 0) is 6.42 Å². The number of allylic oxidation sites excluding steroid dienone is 1. The molecule has 1 atom stereocenters. The highest BCUT2D eigenvalue weighted by Gasteiger charge is 2.22. The van der Waals surface area contributed by atoms with Gasteiger partial charge in [0.25, 0.3) is 0 Å². The van der Waals surface area contributed by atoms with Crippen molar-refractivity contribution in [3.05, 3.63) is 315 Å². The molecule has 0 aliphatic carbocycles. The largest absolute Gasteiger partial charge is 0.366 e.